The van der Waals surface area contributed by atoms with Gasteiger partial charge in [-0.15, -0.1) is 6.42 Å². The second kappa shape index (κ2) is 9.91. The van der Waals surface area contributed by atoms with E-state index in [0.717, 1.165) is 54.8 Å². The largest absolute Gasteiger partial charge is 0.465 e. The lowest BCUT2D eigenvalue weighted by Gasteiger charge is -2.59. The van der Waals surface area contributed by atoms with E-state index in [0.29, 0.717) is 5.41 Å². The van der Waals surface area contributed by atoms with Gasteiger partial charge in [-0.3, -0.25) is 4.90 Å². The molecule has 1 amide bonds. The highest BCUT2D eigenvalue weighted by atomic mass is 16.4. The van der Waals surface area contributed by atoms with Gasteiger partial charge < -0.3 is 5.11 Å². The number of terminal acetylenes is 1. The number of carbonyl (C=O) groups is 1. The summed E-state index contributed by atoms with van der Waals surface area (Å²) in [6.45, 7) is 12.6. The molecule has 0 spiro atoms. The molecule has 0 aromatic rings. The van der Waals surface area contributed by atoms with E-state index in [-0.39, 0.29) is 18.0 Å². The molecule has 0 aliphatic heterocycles. The topological polar surface area (TPSA) is 40.5 Å². The standard InChI is InChI=1S/C31H49NO2/c1-7-19-32(29(33)34)24-15-17-30(5)23(20-24)11-12-25-27-14-13-26(22(4)10-8-9-21(2)3)31(27,6)18-16-28(25)30/h1,11,21-22,24-28H,8-10,12-20H2,2-6H3,(H,33,34)/t22-,24+,25+,26-,27+,28+,30+,31-/m1/s1. The van der Waals surface area contributed by atoms with E-state index in [2.05, 4.69) is 46.6 Å². The molecule has 34 heavy (non-hydrogen) atoms. The van der Waals surface area contributed by atoms with Gasteiger partial charge in [0.1, 0.15) is 0 Å². The van der Waals surface area contributed by atoms with Crippen molar-refractivity contribution in [2.45, 2.75) is 111 Å². The number of nitrogens with zero attached hydrogens (tertiary/aromatic N) is 1. The molecule has 0 saturated heterocycles. The van der Waals surface area contributed by atoms with Crippen molar-refractivity contribution < 1.29 is 9.90 Å². The van der Waals surface area contributed by atoms with Crippen LogP contribution in [0.1, 0.15) is 105 Å². The van der Waals surface area contributed by atoms with Crippen LogP contribution in [0.3, 0.4) is 0 Å². The Morgan fingerprint density at radius 3 is 2.59 bits per heavy atom. The molecule has 4 aliphatic carbocycles. The monoisotopic (exact) mass is 467 g/mol. The fraction of sp³-hybridized carbons (Fsp3) is 0.839. The number of amides is 1. The molecule has 3 fully saturated rings. The van der Waals surface area contributed by atoms with Crippen molar-refractivity contribution >= 4 is 6.09 Å². The molecule has 0 aromatic heterocycles. The van der Waals surface area contributed by atoms with Gasteiger partial charge in [0.25, 0.3) is 0 Å². The average Bonchev–Trinajstić information content (AvgIpc) is 3.14. The predicted octanol–water partition coefficient (Wildman–Crippen LogP) is 8.01. The first-order valence-electron chi connectivity index (χ1n) is 14.2. The molecule has 3 saturated carbocycles. The second-order valence-electron chi connectivity index (χ2n) is 13.3. The summed E-state index contributed by atoms with van der Waals surface area (Å²) in [5.41, 5.74) is 2.31. The summed E-state index contributed by atoms with van der Waals surface area (Å²) in [4.78, 5) is 13.3. The fourth-order valence-electron chi connectivity index (χ4n) is 9.38. The molecule has 4 rings (SSSR count). The Hall–Kier alpha value is -1.43. The summed E-state index contributed by atoms with van der Waals surface area (Å²) in [7, 11) is 0. The quantitative estimate of drug-likeness (QED) is 0.304. The third-order valence-corrected chi connectivity index (χ3v) is 11.2. The Labute approximate surface area is 209 Å². The van der Waals surface area contributed by atoms with Crippen LogP contribution < -0.4 is 0 Å². The lowest BCUT2D eigenvalue weighted by Crippen LogP contribution is -2.52. The van der Waals surface area contributed by atoms with Crippen LogP contribution in [0.5, 0.6) is 0 Å². The molecule has 0 radical (unpaired) electrons. The van der Waals surface area contributed by atoms with Gasteiger partial charge in [-0.25, -0.2) is 4.79 Å². The highest BCUT2D eigenvalue weighted by Gasteiger charge is 2.59. The summed E-state index contributed by atoms with van der Waals surface area (Å²) in [6.07, 6.45) is 21.1. The van der Waals surface area contributed by atoms with E-state index < -0.39 is 6.09 Å². The van der Waals surface area contributed by atoms with Crippen molar-refractivity contribution in [2.75, 3.05) is 6.54 Å². The lowest BCUT2D eigenvalue weighted by molar-refractivity contribution is -0.0538. The van der Waals surface area contributed by atoms with Crippen LogP contribution in [0.15, 0.2) is 11.6 Å². The molecule has 4 aliphatic rings. The van der Waals surface area contributed by atoms with Gasteiger partial charge in [-0.1, -0.05) is 71.5 Å². The smallest absolute Gasteiger partial charge is 0.408 e. The predicted molar refractivity (Wildman–Crippen MR) is 140 cm³/mol. The van der Waals surface area contributed by atoms with Gasteiger partial charge in [0.15, 0.2) is 0 Å². The van der Waals surface area contributed by atoms with E-state index in [1.54, 1.807) is 0 Å². The number of carboxylic acid groups (broad SMARTS) is 1. The number of allylic oxidation sites excluding steroid dienone is 1. The van der Waals surface area contributed by atoms with E-state index >= 15 is 0 Å². The first-order chi connectivity index (χ1) is 16.1. The van der Waals surface area contributed by atoms with Crippen molar-refractivity contribution in [3.8, 4) is 12.3 Å². The maximum absolute atomic E-state index is 11.8. The molecular formula is C31H49NO2. The molecule has 0 aromatic carbocycles. The lowest BCUT2D eigenvalue weighted by atomic mass is 9.46. The Bertz CT molecular complexity index is 824. The molecule has 190 valence electrons. The van der Waals surface area contributed by atoms with Gasteiger partial charge in [0.2, 0.25) is 0 Å². The van der Waals surface area contributed by atoms with Gasteiger partial charge in [-0.05, 0) is 97.7 Å². The van der Waals surface area contributed by atoms with Crippen LogP contribution in [0.2, 0.25) is 0 Å². The first kappa shape index (κ1) is 25.7. The average molecular weight is 468 g/mol. The summed E-state index contributed by atoms with van der Waals surface area (Å²) >= 11 is 0. The SMILES string of the molecule is C#CCN(C(=O)O)[C@H]1CC[C@@]2(C)C(=CC[C@H]3[C@@H]4CC[C@H]([C@H](C)CCCC(C)C)[C@@]4(C)CC[C@@H]32)C1. The maximum Gasteiger partial charge on any atom is 0.408 e. The highest BCUT2D eigenvalue weighted by Crippen LogP contribution is 2.67. The Balaban J connectivity index is 1.48. The minimum atomic E-state index is -0.867. The molecular weight excluding hydrogens is 418 g/mol. The van der Waals surface area contributed by atoms with Crippen molar-refractivity contribution in [3.63, 3.8) is 0 Å². The third-order valence-electron chi connectivity index (χ3n) is 11.2. The van der Waals surface area contributed by atoms with E-state index in [1.165, 1.54) is 61.8 Å². The van der Waals surface area contributed by atoms with Crippen LogP contribution in [0, 0.1) is 58.7 Å². The van der Waals surface area contributed by atoms with Crippen molar-refractivity contribution in [3.05, 3.63) is 11.6 Å². The van der Waals surface area contributed by atoms with Crippen LogP contribution in [0.4, 0.5) is 4.79 Å². The Morgan fingerprint density at radius 1 is 1.15 bits per heavy atom. The van der Waals surface area contributed by atoms with Crippen LogP contribution >= 0.6 is 0 Å². The molecule has 3 nitrogen and oxygen atoms in total. The normalized spacial score (nSPS) is 39.9. The van der Waals surface area contributed by atoms with Crippen LogP contribution in [-0.2, 0) is 0 Å². The van der Waals surface area contributed by atoms with E-state index in [9.17, 15) is 9.90 Å². The minimum Gasteiger partial charge on any atom is -0.465 e. The van der Waals surface area contributed by atoms with Crippen molar-refractivity contribution in [1.82, 2.24) is 4.90 Å². The first-order valence-corrected chi connectivity index (χ1v) is 14.2. The Morgan fingerprint density at radius 2 is 1.91 bits per heavy atom. The van der Waals surface area contributed by atoms with Crippen LogP contribution in [0.25, 0.3) is 0 Å². The molecule has 0 bridgehead atoms. The number of rotatable bonds is 7. The number of hydrogen-bond donors (Lipinski definition) is 1. The van der Waals surface area contributed by atoms with Crippen LogP contribution in [-0.4, -0.2) is 28.7 Å². The minimum absolute atomic E-state index is 0.0424. The van der Waals surface area contributed by atoms with E-state index in [4.69, 9.17) is 6.42 Å². The fourth-order valence-corrected chi connectivity index (χ4v) is 9.38. The maximum atomic E-state index is 11.8. The summed E-state index contributed by atoms with van der Waals surface area (Å²) < 4.78 is 0. The third kappa shape index (κ3) is 4.44. The molecule has 3 heteroatoms. The number of hydrogen-bond acceptors (Lipinski definition) is 1. The Kier molecular flexibility index (Phi) is 7.48. The van der Waals surface area contributed by atoms with Gasteiger partial charge in [0, 0.05) is 6.04 Å². The zero-order valence-corrected chi connectivity index (χ0v) is 22.5. The molecule has 8 atom stereocenters. The molecule has 0 heterocycles. The summed E-state index contributed by atoms with van der Waals surface area (Å²) in [6, 6.07) is 0.0424. The van der Waals surface area contributed by atoms with E-state index in [1.807, 2.05) is 0 Å². The number of fused-ring (bicyclic) bond motifs is 5. The molecule has 1 N–H and O–H groups in total. The zero-order chi connectivity index (χ0) is 24.7. The van der Waals surface area contributed by atoms with Gasteiger partial charge in [-0.2, -0.15) is 0 Å². The van der Waals surface area contributed by atoms with Gasteiger partial charge >= 0.3 is 6.09 Å². The van der Waals surface area contributed by atoms with Gasteiger partial charge in [0.05, 0.1) is 6.54 Å². The summed E-state index contributed by atoms with van der Waals surface area (Å²) in [5.74, 6) is 7.59. The zero-order valence-electron chi connectivity index (χ0n) is 22.5. The molecule has 0 unspecified atom stereocenters. The van der Waals surface area contributed by atoms with Crippen molar-refractivity contribution in [1.29, 1.82) is 0 Å². The van der Waals surface area contributed by atoms with Crippen molar-refractivity contribution in [2.24, 2.45) is 46.3 Å². The highest BCUT2D eigenvalue weighted by molar-refractivity contribution is 5.66. The summed E-state index contributed by atoms with van der Waals surface area (Å²) in [5, 5.41) is 9.70. The second-order valence-corrected chi connectivity index (χ2v) is 13.3.